The second-order valence-corrected chi connectivity index (χ2v) is 6.49. The molecule has 0 aliphatic heterocycles. The molecule has 3 aromatic rings. The molecule has 2 N–H and O–H groups in total. The van der Waals surface area contributed by atoms with Gasteiger partial charge >= 0.3 is 0 Å². The van der Waals surface area contributed by atoms with Gasteiger partial charge in [-0.25, -0.2) is 9.97 Å². The van der Waals surface area contributed by atoms with E-state index in [9.17, 15) is 0 Å². The first-order valence-electron chi connectivity index (χ1n) is 5.87. The van der Waals surface area contributed by atoms with Crippen molar-refractivity contribution in [3.63, 3.8) is 0 Å². The van der Waals surface area contributed by atoms with E-state index in [1.54, 1.807) is 17.4 Å². The Balaban J connectivity index is 2.01. The highest BCUT2D eigenvalue weighted by atomic mass is 32.2. The minimum Gasteiger partial charge on any atom is -0.399 e. The highest BCUT2D eigenvalue weighted by Crippen LogP contribution is 2.35. The zero-order chi connectivity index (χ0) is 14.1. The summed E-state index contributed by atoms with van der Waals surface area (Å²) in [6.45, 7) is 1.91. The van der Waals surface area contributed by atoms with Crippen molar-refractivity contribution in [3.8, 4) is 6.07 Å². The van der Waals surface area contributed by atoms with Crippen molar-refractivity contribution in [2.75, 3.05) is 5.73 Å². The lowest BCUT2D eigenvalue weighted by Crippen LogP contribution is -1.89. The minimum absolute atomic E-state index is 0.569. The summed E-state index contributed by atoms with van der Waals surface area (Å²) < 4.78 is 1.90. The molecule has 0 atom stereocenters. The first-order valence-corrected chi connectivity index (χ1v) is 7.50. The highest BCUT2D eigenvalue weighted by Gasteiger charge is 2.10. The zero-order valence-electron chi connectivity index (χ0n) is 10.6. The van der Waals surface area contributed by atoms with Crippen molar-refractivity contribution in [2.45, 2.75) is 16.3 Å². The topological polar surface area (TPSA) is 75.6 Å². The van der Waals surface area contributed by atoms with E-state index >= 15 is 0 Å². The van der Waals surface area contributed by atoms with Gasteiger partial charge in [-0.1, -0.05) is 0 Å². The summed E-state index contributed by atoms with van der Waals surface area (Å²) in [5.74, 6) is 0. The number of nitriles is 1. The van der Waals surface area contributed by atoms with Gasteiger partial charge in [0.1, 0.15) is 11.1 Å². The monoisotopic (exact) mass is 298 g/mol. The smallest absolute Gasteiger partial charge is 0.157 e. The number of hydrogen-bond acceptors (Lipinski definition) is 6. The minimum atomic E-state index is 0.569. The van der Waals surface area contributed by atoms with E-state index in [-0.39, 0.29) is 0 Å². The van der Waals surface area contributed by atoms with Gasteiger partial charge < -0.3 is 5.73 Å². The van der Waals surface area contributed by atoms with E-state index < -0.39 is 0 Å². The molecule has 98 valence electrons. The molecule has 1 aromatic carbocycles. The van der Waals surface area contributed by atoms with Crippen LogP contribution in [-0.4, -0.2) is 9.97 Å². The van der Waals surface area contributed by atoms with Crippen LogP contribution in [0.4, 0.5) is 5.69 Å². The maximum Gasteiger partial charge on any atom is 0.157 e. The fourth-order valence-corrected chi connectivity index (χ4v) is 3.88. The van der Waals surface area contributed by atoms with E-state index in [2.05, 4.69) is 16.0 Å². The SMILES string of the molecule is Cc1ccc(C#N)c(Sc2nc3ccc(N)cc3s2)n1. The first kappa shape index (κ1) is 12.9. The molecule has 2 aromatic heterocycles. The molecular formula is C14H10N4S2. The standard InChI is InChI=1S/C14H10N4S2/c1-8-2-3-9(7-15)13(17-8)20-14-18-11-5-4-10(16)6-12(11)19-14/h2-6H,16H2,1H3. The molecule has 0 fully saturated rings. The Hall–Kier alpha value is -2.10. The third-order valence-corrected chi connectivity index (χ3v) is 4.78. The molecule has 0 saturated heterocycles. The van der Waals surface area contributed by atoms with Gasteiger partial charge in [-0.15, -0.1) is 11.3 Å². The van der Waals surface area contributed by atoms with Crippen molar-refractivity contribution in [1.29, 1.82) is 5.26 Å². The Kier molecular flexibility index (Phi) is 3.30. The van der Waals surface area contributed by atoms with Gasteiger partial charge in [-0.3, -0.25) is 0 Å². The molecule has 20 heavy (non-hydrogen) atoms. The number of hydrogen-bond donors (Lipinski definition) is 1. The highest BCUT2D eigenvalue weighted by molar-refractivity contribution is 8.01. The van der Waals surface area contributed by atoms with Crippen LogP contribution in [0, 0.1) is 18.3 Å². The molecular weight excluding hydrogens is 288 g/mol. The number of thiazole rings is 1. The number of pyridine rings is 1. The van der Waals surface area contributed by atoms with Crippen molar-refractivity contribution in [3.05, 3.63) is 41.6 Å². The van der Waals surface area contributed by atoms with Crippen LogP contribution in [0.3, 0.4) is 0 Å². The zero-order valence-corrected chi connectivity index (χ0v) is 12.3. The average Bonchev–Trinajstić information content (AvgIpc) is 2.80. The van der Waals surface area contributed by atoms with Crippen LogP contribution in [0.5, 0.6) is 0 Å². The number of nitrogens with two attached hydrogens (primary N) is 1. The van der Waals surface area contributed by atoms with Crippen LogP contribution in [0.1, 0.15) is 11.3 Å². The maximum absolute atomic E-state index is 9.13. The third kappa shape index (κ3) is 2.46. The van der Waals surface area contributed by atoms with Gasteiger partial charge in [0.25, 0.3) is 0 Å². The molecule has 0 radical (unpaired) electrons. The van der Waals surface area contributed by atoms with Gasteiger partial charge in [-0.05, 0) is 49.0 Å². The maximum atomic E-state index is 9.13. The van der Waals surface area contributed by atoms with Gasteiger partial charge in [0.05, 0.1) is 15.8 Å². The normalized spacial score (nSPS) is 10.6. The van der Waals surface area contributed by atoms with E-state index in [0.29, 0.717) is 10.6 Å². The molecule has 6 heteroatoms. The van der Waals surface area contributed by atoms with E-state index in [4.69, 9.17) is 11.0 Å². The lowest BCUT2D eigenvalue weighted by molar-refractivity contribution is 1.05. The largest absolute Gasteiger partial charge is 0.399 e. The Labute approximate surface area is 124 Å². The summed E-state index contributed by atoms with van der Waals surface area (Å²) >= 11 is 2.97. The lowest BCUT2D eigenvalue weighted by Gasteiger charge is -2.00. The number of fused-ring (bicyclic) bond motifs is 1. The molecule has 0 bridgehead atoms. The fourth-order valence-electron chi connectivity index (χ4n) is 1.74. The second-order valence-electron chi connectivity index (χ2n) is 4.23. The number of nitrogen functional groups attached to an aromatic ring is 1. The van der Waals surface area contributed by atoms with E-state index in [1.165, 1.54) is 11.8 Å². The Morgan fingerprint density at radius 2 is 2.10 bits per heavy atom. The van der Waals surface area contributed by atoms with Crippen molar-refractivity contribution < 1.29 is 0 Å². The second kappa shape index (κ2) is 5.12. The number of benzene rings is 1. The van der Waals surface area contributed by atoms with Crippen LogP contribution >= 0.6 is 23.1 Å². The number of anilines is 1. The predicted octanol–water partition coefficient (Wildman–Crippen LogP) is 3.60. The summed E-state index contributed by atoms with van der Waals surface area (Å²) in [6.07, 6.45) is 0. The summed E-state index contributed by atoms with van der Waals surface area (Å²) in [4.78, 5) is 8.94. The lowest BCUT2D eigenvalue weighted by atomic mass is 10.3. The molecule has 0 aliphatic rings. The number of rotatable bonds is 2. The quantitative estimate of drug-likeness (QED) is 0.731. The van der Waals surface area contributed by atoms with Gasteiger partial charge in [-0.2, -0.15) is 5.26 Å². The van der Waals surface area contributed by atoms with Crippen LogP contribution < -0.4 is 5.73 Å². The van der Waals surface area contributed by atoms with Gasteiger partial charge in [0, 0.05) is 11.4 Å². The summed E-state index contributed by atoms with van der Waals surface area (Å²) in [6, 6.07) is 11.4. The van der Waals surface area contributed by atoms with Gasteiger partial charge in [0.15, 0.2) is 4.34 Å². The van der Waals surface area contributed by atoms with E-state index in [0.717, 1.165) is 25.9 Å². The van der Waals surface area contributed by atoms with Crippen LogP contribution in [0.15, 0.2) is 39.7 Å². The van der Waals surface area contributed by atoms with Gasteiger partial charge in [0.2, 0.25) is 0 Å². The van der Waals surface area contributed by atoms with Crippen molar-refractivity contribution in [1.82, 2.24) is 9.97 Å². The molecule has 0 spiro atoms. The Morgan fingerprint density at radius 3 is 2.90 bits per heavy atom. The summed E-state index contributed by atoms with van der Waals surface area (Å²) in [7, 11) is 0. The fraction of sp³-hybridized carbons (Fsp3) is 0.0714. The molecule has 0 aliphatic carbocycles. The number of aryl methyl sites for hydroxylation is 1. The average molecular weight is 298 g/mol. The molecule has 3 rings (SSSR count). The number of nitrogens with zero attached hydrogens (tertiary/aromatic N) is 3. The molecule has 0 saturated carbocycles. The van der Waals surface area contributed by atoms with Crippen LogP contribution in [0.25, 0.3) is 10.2 Å². The Bertz CT molecular complexity index is 833. The predicted molar refractivity (Wildman–Crippen MR) is 81.8 cm³/mol. The Morgan fingerprint density at radius 1 is 1.25 bits per heavy atom. The molecule has 0 unspecified atom stereocenters. The molecule has 4 nitrogen and oxygen atoms in total. The van der Waals surface area contributed by atoms with Crippen LogP contribution in [0.2, 0.25) is 0 Å². The summed E-state index contributed by atoms with van der Waals surface area (Å²) in [5.41, 5.74) is 8.86. The summed E-state index contributed by atoms with van der Waals surface area (Å²) in [5, 5.41) is 9.82. The third-order valence-electron chi connectivity index (χ3n) is 2.70. The van der Waals surface area contributed by atoms with Crippen molar-refractivity contribution >= 4 is 39.0 Å². The van der Waals surface area contributed by atoms with E-state index in [1.807, 2.05) is 31.2 Å². The van der Waals surface area contributed by atoms with Crippen molar-refractivity contribution in [2.24, 2.45) is 0 Å². The molecule has 0 amide bonds. The number of aromatic nitrogens is 2. The van der Waals surface area contributed by atoms with Crippen LogP contribution in [-0.2, 0) is 0 Å². The first-order chi connectivity index (χ1) is 9.65. The molecule has 2 heterocycles.